The van der Waals surface area contributed by atoms with Crippen molar-refractivity contribution in [2.24, 2.45) is 16.4 Å². The monoisotopic (exact) mass is 276 g/mol. The fourth-order valence-corrected chi connectivity index (χ4v) is 3.04. The Morgan fingerprint density at radius 1 is 1.40 bits per heavy atom. The number of benzene rings is 1. The number of nitrogens with zero attached hydrogens (tertiary/aromatic N) is 1. The second kappa shape index (κ2) is 5.73. The van der Waals surface area contributed by atoms with Gasteiger partial charge in [-0.25, -0.2) is 9.82 Å². The van der Waals surface area contributed by atoms with Gasteiger partial charge in [0.05, 0.1) is 5.56 Å². The predicted octanol–water partition coefficient (Wildman–Crippen LogP) is 3.76. The molecule has 1 fully saturated rings. The zero-order valence-corrected chi connectivity index (χ0v) is 12.2. The van der Waals surface area contributed by atoms with E-state index in [9.17, 15) is 9.18 Å². The second-order valence-corrected chi connectivity index (χ2v) is 6.45. The van der Waals surface area contributed by atoms with Gasteiger partial charge in [-0.15, -0.1) is 0 Å². The normalized spacial score (nSPS) is 23.6. The Kier molecular flexibility index (Phi) is 4.21. The van der Waals surface area contributed by atoms with E-state index in [-0.39, 0.29) is 11.0 Å². The standard InChI is InChI=1S/C16H21FN2O/c1-11-8-12(10-16(2,3)9-11)18-19-15(20)13-6-4-5-7-14(13)17/h4-7,11H,8-10H2,1-3H3,(H,19,20). The maximum absolute atomic E-state index is 13.5. The predicted molar refractivity (Wildman–Crippen MR) is 78.1 cm³/mol. The zero-order valence-electron chi connectivity index (χ0n) is 12.2. The number of rotatable bonds is 2. The first-order valence-electron chi connectivity index (χ1n) is 6.98. The van der Waals surface area contributed by atoms with Crippen LogP contribution in [0.2, 0.25) is 0 Å². The van der Waals surface area contributed by atoms with Crippen molar-refractivity contribution in [2.75, 3.05) is 0 Å². The van der Waals surface area contributed by atoms with Gasteiger partial charge in [0.15, 0.2) is 0 Å². The molecule has 1 aliphatic carbocycles. The third kappa shape index (κ3) is 3.65. The van der Waals surface area contributed by atoms with Crippen LogP contribution in [0, 0.1) is 17.2 Å². The van der Waals surface area contributed by atoms with Crippen molar-refractivity contribution in [3.63, 3.8) is 0 Å². The number of nitrogens with one attached hydrogen (secondary N) is 1. The molecule has 4 heteroatoms. The topological polar surface area (TPSA) is 41.5 Å². The molecule has 0 heterocycles. The average molecular weight is 276 g/mol. The molecule has 108 valence electrons. The Bertz CT molecular complexity index is 537. The van der Waals surface area contributed by atoms with E-state index in [0.29, 0.717) is 5.92 Å². The minimum atomic E-state index is -0.525. The van der Waals surface area contributed by atoms with Crippen LogP contribution in [0.3, 0.4) is 0 Å². The molecular formula is C16H21FN2O. The van der Waals surface area contributed by atoms with E-state index in [1.165, 1.54) is 12.1 Å². The molecular weight excluding hydrogens is 255 g/mol. The van der Waals surface area contributed by atoms with Gasteiger partial charge < -0.3 is 0 Å². The number of hydrazone groups is 1. The van der Waals surface area contributed by atoms with E-state index >= 15 is 0 Å². The first kappa shape index (κ1) is 14.7. The molecule has 1 unspecified atom stereocenters. The van der Waals surface area contributed by atoms with Gasteiger partial charge in [-0.05, 0) is 42.7 Å². The Morgan fingerprint density at radius 2 is 2.10 bits per heavy atom. The van der Waals surface area contributed by atoms with Crippen LogP contribution in [-0.4, -0.2) is 11.6 Å². The molecule has 0 saturated heterocycles. The number of hydrogen-bond donors (Lipinski definition) is 1. The third-order valence-corrected chi connectivity index (χ3v) is 3.60. The Labute approximate surface area is 119 Å². The van der Waals surface area contributed by atoms with Crippen molar-refractivity contribution in [2.45, 2.75) is 40.0 Å². The molecule has 0 aliphatic heterocycles. The molecule has 0 aromatic heterocycles. The maximum atomic E-state index is 13.5. The van der Waals surface area contributed by atoms with Crippen LogP contribution in [0.15, 0.2) is 29.4 Å². The van der Waals surface area contributed by atoms with E-state index in [1.807, 2.05) is 0 Å². The van der Waals surface area contributed by atoms with Gasteiger partial charge in [0.25, 0.3) is 5.91 Å². The number of carbonyl (C=O) groups is 1. The smallest absolute Gasteiger partial charge is 0.267 e. The molecule has 1 amide bonds. The van der Waals surface area contributed by atoms with Crippen molar-refractivity contribution in [3.05, 3.63) is 35.6 Å². The molecule has 1 aromatic carbocycles. The molecule has 0 bridgehead atoms. The molecule has 1 N–H and O–H groups in total. The molecule has 2 rings (SSSR count). The first-order valence-corrected chi connectivity index (χ1v) is 6.98. The van der Waals surface area contributed by atoms with Crippen molar-refractivity contribution in [1.29, 1.82) is 0 Å². The minimum absolute atomic E-state index is 0.0277. The molecule has 0 spiro atoms. The largest absolute Gasteiger partial charge is 0.274 e. The summed E-state index contributed by atoms with van der Waals surface area (Å²) in [6.45, 7) is 6.60. The quantitative estimate of drug-likeness (QED) is 0.821. The van der Waals surface area contributed by atoms with Crippen molar-refractivity contribution in [3.8, 4) is 0 Å². The Hall–Kier alpha value is -1.71. The van der Waals surface area contributed by atoms with Gasteiger partial charge in [-0.1, -0.05) is 32.9 Å². The first-order chi connectivity index (χ1) is 9.37. The number of amides is 1. The number of hydrogen-bond acceptors (Lipinski definition) is 2. The number of halogens is 1. The van der Waals surface area contributed by atoms with Crippen LogP contribution in [0.5, 0.6) is 0 Å². The van der Waals surface area contributed by atoms with Crippen molar-refractivity contribution < 1.29 is 9.18 Å². The third-order valence-electron chi connectivity index (χ3n) is 3.60. The fourth-order valence-electron chi connectivity index (χ4n) is 3.04. The summed E-state index contributed by atoms with van der Waals surface area (Å²) in [6.07, 6.45) is 2.92. The summed E-state index contributed by atoms with van der Waals surface area (Å²) in [5, 5.41) is 4.20. The summed E-state index contributed by atoms with van der Waals surface area (Å²) in [5.74, 6) is -0.461. The fraction of sp³-hybridized carbons (Fsp3) is 0.500. The van der Waals surface area contributed by atoms with Gasteiger partial charge in [-0.2, -0.15) is 5.10 Å². The van der Waals surface area contributed by atoms with Crippen LogP contribution in [0.25, 0.3) is 0 Å². The minimum Gasteiger partial charge on any atom is -0.267 e. The highest BCUT2D eigenvalue weighted by Crippen LogP contribution is 2.36. The van der Waals surface area contributed by atoms with Gasteiger partial charge in [0.1, 0.15) is 5.82 Å². The summed E-state index contributed by atoms with van der Waals surface area (Å²) in [4.78, 5) is 11.9. The van der Waals surface area contributed by atoms with Gasteiger partial charge in [0.2, 0.25) is 0 Å². The molecule has 20 heavy (non-hydrogen) atoms. The lowest BCUT2D eigenvalue weighted by Crippen LogP contribution is -2.30. The Balaban J connectivity index is 2.06. The lowest BCUT2D eigenvalue weighted by Gasteiger charge is -2.34. The summed E-state index contributed by atoms with van der Waals surface area (Å²) >= 11 is 0. The molecule has 1 atom stereocenters. The van der Waals surface area contributed by atoms with Crippen LogP contribution < -0.4 is 5.43 Å². The van der Waals surface area contributed by atoms with E-state index in [4.69, 9.17) is 0 Å². The van der Waals surface area contributed by atoms with Crippen LogP contribution >= 0.6 is 0 Å². The zero-order chi connectivity index (χ0) is 14.8. The van der Waals surface area contributed by atoms with Gasteiger partial charge in [0, 0.05) is 5.71 Å². The highest BCUT2D eigenvalue weighted by atomic mass is 19.1. The van der Waals surface area contributed by atoms with Crippen molar-refractivity contribution >= 4 is 11.6 Å². The summed E-state index contributed by atoms with van der Waals surface area (Å²) in [5.41, 5.74) is 3.70. The van der Waals surface area contributed by atoms with E-state index in [0.717, 1.165) is 25.0 Å². The van der Waals surface area contributed by atoms with Crippen LogP contribution in [-0.2, 0) is 0 Å². The highest BCUT2D eigenvalue weighted by Gasteiger charge is 2.29. The average Bonchev–Trinajstić information content (AvgIpc) is 2.34. The van der Waals surface area contributed by atoms with E-state index in [2.05, 4.69) is 31.3 Å². The highest BCUT2D eigenvalue weighted by molar-refractivity contribution is 5.95. The van der Waals surface area contributed by atoms with Crippen molar-refractivity contribution in [1.82, 2.24) is 5.43 Å². The lowest BCUT2D eigenvalue weighted by molar-refractivity contribution is 0.0950. The molecule has 3 nitrogen and oxygen atoms in total. The summed E-state index contributed by atoms with van der Waals surface area (Å²) < 4.78 is 13.5. The van der Waals surface area contributed by atoms with E-state index < -0.39 is 11.7 Å². The Morgan fingerprint density at radius 3 is 2.75 bits per heavy atom. The lowest BCUT2D eigenvalue weighted by atomic mass is 9.72. The van der Waals surface area contributed by atoms with Gasteiger partial charge >= 0.3 is 0 Å². The molecule has 0 radical (unpaired) electrons. The molecule has 1 aromatic rings. The van der Waals surface area contributed by atoms with Gasteiger partial charge in [-0.3, -0.25) is 4.79 Å². The second-order valence-electron chi connectivity index (χ2n) is 6.45. The molecule has 1 aliphatic rings. The SMILES string of the molecule is CC1CC(=NNC(=O)c2ccccc2F)CC(C)(C)C1. The summed E-state index contributed by atoms with van der Waals surface area (Å²) in [7, 11) is 0. The molecule has 1 saturated carbocycles. The maximum Gasteiger partial charge on any atom is 0.274 e. The summed E-state index contributed by atoms with van der Waals surface area (Å²) in [6, 6.07) is 5.92. The number of carbonyl (C=O) groups excluding carboxylic acids is 1. The van der Waals surface area contributed by atoms with E-state index in [1.54, 1.807) is 12.1 Å². The van der Waals surface area contributed by atoms with Crippen LogP contribution in [0.4, 0.5) is 4.39 Å². The van der Waals surface area contributed by atoms with Crippen LogP contribution in [0.1, 0.15) is 50.4 Å².